The molecule has 112 valence electrons. The molecule has 0 radical (unpaired) electrons. The summed E-state index contributed by atoms with van der Waals surface area (Å²) >= 11 is 5.33. The van der Waals surface area contributed by atoms with Gasteiger partial charge in [-0.1, -0.05) is 0 Å². The van der Waals surface area contributed by atoms with Crippen molar-refractivity contribution in [1.29, 1.82) is 0 Å². The largest absolute Gasteiger partial charge is 0.466 e. The van der Waals surface area contributed by atoms with Crippen LogP contribution in [0.1, 0.15) is 5.69 Å². The van der Waals surface area contributed by atoms with Crippen molar-refractivity contribution in [3.8, 4) is 5.88 Å². The molecule has 0 bridgehead atoms. The van der Waals surface area contributed by atoms with Crippen LogP contribution >= 0.6 is 11.6 Å². The molecule has 0 saturated heterocycles. The van der Waals surface area contributed by atoms with Crippen LogP contribution in [0.4, 0.5) is 27.6 Å². The van der Waals surface area contributed by atoms with Gasteiger partial charge in [0.25, 0.3) is 5.88 Å². The van der Waals surface area contributed by atoms with E-state index in [2.05, 4.69) is 14.7 Å². The average molecular weight is 322 g/mol. The Balaban J connectivity index is 3.07. The lowest BCUT2D eigenvalue weighted by Crippen LogP contribution is -2.42. The van der Waals surface area contributed by atoms with E-state index in [0.29, 0.717) is 0 Å². The summed E-state index contributed by atoms with van der Waals surface area (Å²) < 4.78 is 65.2. The Kier molecular flexibility index (Phi) is 4.32. The Morgan fingerprint density at radius 2 is 1.85 bits per heavy atom. The fourth-order valence-corrected chi connectivity index (χ4v) is 1.26. The molecule has 6 nitrogen and oxygen atoms in total. The fourth-order valence-electron chi connectivity index (χ4n) is 1.06. The summed E-state index contributed by atoms with van der Waals surface area (Å²) in [6.07, 6.45) is -5.85. The van der Waals surface area contributed by atoms with E-state index in [0.717, 1.165) is 6.92 Å². The Labute approximate surface area is 112 Å². The molecule has 0 spiro atoms. The third kappa shape index (κ3) is 3.40. The lowest BCUT2D eigenvalue weighted by atomic mass is 10.3. The molecule has 0 aromatic carbocycles. The molecule has 0 saturated carbocycles. The maximum atomic E-state index is 12.7. The van der Waals surface area contributed by atoms with Crippen LogP contribution in [-0.2, 0) is 0 Å². The number of rotatable bonds is 4. The maximum absolute atomic E-state index is 12.7. The minimum absolute atomic E-state index is 0.333. The molecule has 0 amide bonds. The molecule has 1 heterocycles. The predicted molar refractivity (Wildman–Crippen MR) is 54.9 cm³/mol. The Morgan fingerprint density at radius 1 is 1.30 bits per heavy atom. The smallest absolute Gasteiger partial charge is 0.456 e. The third-order valence-corrected chi connectivity index (χ3v) is 2.16. The highest BCUT2D eigenvalue weighted by Crippen LogP contribution is 2.37. The zero-order chi connectivity index (χ0) is 15.7. The number of nitro groups is 1. The van der Waals surface area contributed by atoms with E-state index in [-0.39, 0.29) is 5.69 Å². The summed E-state index contributed by atoms with van der Waals surface area (Å²) in [5.74, 6) is -6.25. The quantitative estimate of drug-likeness (QED) is 0.369. The van der Waals surface area contributed by atoms with Crippen molar-refractivity contribution in [2.45, 2.75) is 19.0 Å². The number of aromatic nitrogens is 2. The number of alkyl halides is 5. The van der Waals surface area contributed by atoms with Crippen LogP contribution in [0.25, 0.3) is 0 Å². The molecular weight excluding hydrogens is 317 g/mol. The third-order valence-electron chi connectivity index (χ3n) is 1.99. The van der Waals surface area contributed by atoms with Crippen LogP contribution in [0.2, 0.25) is 5.28 Å². The molecule has 0 fully saturated rings. The van der Waals surface area contributed by atoms with Gasteiger partial charge in [0.1, 0.15) is 5.69 Å². The number of aryl methyl sites for hydroxylation is 1. The van der Waals surface area contributed by atoms with E-state index in [1.54, 1.807) is 0 Å². The summed E-state index contributed by atoms with van der Waals surface area (Å²) in [5.41, 5.74) is -1.27. The van der Waals surface area contributed by atoms with Gasteiger partial charge in [-0.2, -0.15) is 26.9 Å². The van der Waals surface area contributed by atoms with Gasteiger partial charge < -0.3 is 4.74 Å². The van der Waals surface area contributed by atoms with Crippen molar-refractivity contribution in [2.75, 3.05) is 6.61 Å². The van der Waals surface area contributed by atoms with Crippen LogP contribution < -0.4 is 4.74 Å². The van der Waals surface area contributed by atoms with Crippen molar-refractivity contribution in [3.05, 3.63) is 21.1 Å². The van der Waals surface area contributed by atoms with E-state index in [9.17, 15) is 32.1 Å². The lowest BCUT2D eigenvalue weighted by molar-refractivity contribution is -0.387. The Bertz CT molecular complexity index is 537. The Morgan fingerprint density at radius 3 is 2.30 bits per heavy atom. The first-order chi connectivity index (χ1) is 8.95. The van der Waals surface area contributed by atoms with Crippen LogP contribution in [0.5, 0.6) is 5.88 Å². The monoisotopic (exact) mass is 321 g/mol. The lowest BCUT2D eigenvalue weighted by Gasteiger charge is -2.19. The van der Waals surface area contributed by atoms with Gasteiger partial charge >= 0.3 is 17.8 Å². The maximum Gasteiger partial charge on any atom is 0.456 e. The predicted octanol–water partition coefficient (Wildman–Crippen LogP) is 2.92. The van der Waals surface area contributed by atoms with Gasteiger partial charge in [0.05, 0.1) is 4.92 Å². The average Bonchev–Trinajstić information content (AvgIpc) is 2.23. The zero-order valence-corrected chi connectivity index (χ0v) is 10.3. The standard InChI is InChI=1S/C8H5ClF5N3O3/c1-3-4(17(18)19)5(16-6(9)15-3)20-2-7(10,11)8(12,13)14/h2H2,1H3. The van der Waals surface area contributed by atoms with Gasteiger partial charge in [0, 0.05) is 0 Å². The molecule has 20 heavy (non-hydrogen) atoms. The highest BCUT2D eigenvalue weighted by Gasteiger charge is 2.58. The Hall–Kier alpha value is -1.78. The minimum atomic E-state index is -5.85. The SMILES string of the molecule is Cc1nc(Cl)nc(OCC(F)(F)C(F)(F)F)c1[N+](=O)[O-]. The van der Waals surface area contributed by atoms with Crippen LogP contribution in [0, 0.1) is 17.0 Å². The van der Waals surface area contributed by atoms with Crippen molar-refractivity contribution >= 4 is 17.3 Å². The van der Waals surface area contributed by atoms with E-state index in [1.165, 1.54) is 0 Å². The van der Waals surface area contributed by atoms with Gasteiger partial charge in [-0.15, -0.1) is 0 Å². The van der Waals surface area contributed by atoms with Gasteiger partial charge in [-0.05, 0) is 18.5 Å². The first kappa shape index (κ1) is 16.3. The van der Waals surface area contributed by atoms with Gasteiger partial charge in [-0.3, -0.25) is 10.1 Å². The summed E-state index contributed by atoms with van der Waals surface area (Å²) in [7, 11) is 0. The summed E-state index contributed by atoms with van der Waals surface area (Å²) in [5, 5.41) is 10.1. The molecule has 0 unspecified atom stereocenters. The van der Waals surface area contributed by atoms with Gasteiger partial charge in [0.15, 0.2) is 6.61 Å². The molecule has 1 rings (SSSR count). The summed E-state index contributed by atoms with van der Waals surface area (Å²) in [6.45, 7) is -1.06. The fraction of sp³-hybridized carbons (Fsp3) is 0.500. The molecule has 0 aliphatic carbocycles. The minimum Gasteiger partial charge on any atom is -0.466 e. The second kappa shape index (κ2) is 5.31. The molecule has 0 aliphatic heterocycles. The number of ether oxygens (including phenoxy) is 1. The van der Waals surface area contributed by atoms with E-state index in [4.69, 9.17) is 11.6 Å². The van der Waals surface area contributed by atoms with E-state index >= 15 is 0 Å². The van der Waals surface area contributed by atoms with Crippen LogP contribution in [0.3, 0.4) is 0 Å². The van der Waals surface area contributed by atoms with E-state index in [1.807, 2.05) is 0 Å². The number of halogens is 6. The van der Waals surface area contributed by atoms with Gasteiger partial charge in [0.2, 0.25) is 5.28 Å². The van der Waals surface area contributed by atoms with Crippen molar-refractivity contribution in [3.63, 3.8) is 0 Å². The molecule has 0 aliphatic rings. The highest BCUT2D eigenvalue weighted by atomic mass is 35.5. The molecule has 1 aromatic heterocycles. The van der Waals surface area contributed by atoms with Crippen LogP contribution in [-0.4, -0.2) is 33.6 Å². The topological polar surface area (TPSA) is 78.2 Å². The first-order valence-electron chi connectivity index (χ1n) is 4.71. The number of nitrogens with zero attached hydrogens (tertiary/aromatic N) is 3. The molecule has 0 N–H and O–H groups in total. The summed E-state index contributed by atoms with van der Waals surface area (Å²) in [6, 6.07) is 0. The summed E-state index contributed by atoms with van der Waals surface area (Å²) in [4.78, 5) is 16.1. The second-order valence-electron chi connectivity index (χ2n) is 3.48. The first-order valence-corrected chi connectivity index (χ1v) is 5.09. The zero-order valence-electron chi connectivity index (χ0n) is 9.54. The molecule has 1 aromatic rings. The van der Waals surface area contributed by atoms with E-state index < -0.39 is 40.5 Å². The molecule has 12 heteroatoms. The molecular formula is C8H5ClF5N3O3. The van der Waals surface area contributed by atoms with Crippen LogP contribution in [0.15, 0.2) is 0 Å². The molecule has 0 atom stereocenters. The number of hydrogen-bond donors (Lipinski definition) is 0. The van der Waals surface area contributed by atoms with Crippen molar-refractivity contribution in [1.82, 2.24) is 9.97 Å². The normalized spacial score (nSPS) is 12.3. The van der Waals surface area contributed by atoms with Crippen molar-refractivity contribution in [2.24, 2.45) is 0 Å². The second-order valence-corrected chi connectivity index (χ2v) is 3.82. The van der Waals surface area contributed by atoms with Crippen molar-refractivity contribution < 1.29 is 31.6 Å². The highest BCUT2D eigenvalue weighted by molar-refractivity contribution is 6.28. The number of hydrogen-bond acceptors (Lipinski definition) is 5. The van der Waals surface area contributed by atoms with Gasteiger partial charge in [-0.25, -0.2) is 4.98 Å².